The minimum Gasteiger partial charge on any atom is -0.406 e. The van der Waals surface area contributed by atoms with Gasteiger partial charge in [-0.05, 0) is 54.4 Å². The molecule has 1 aliphatic heterocycles. The summed E-state index contributed by atoms with van der Waals surface area (Å²) in [4.78, 5) is 39.1. The molecule has 2 saturated carbocycles. The summed E-state index contributed by atoms with van der Waals surface area (Å²) < 4.78 is 40.4. The van der Waals surface area contributed by atoms with E-state index in [2.05, 4.69) is 22.2 Å². The van der Waals surface area contributed by atoms with Crippen LogP contribution in [0.5, 0.6) is 5.75 Å². The van der Waals surface area contributed by atoms with Gasteiger partial charge in [0.2, 0.25) is 17.7 Å². The van der Waals surface area contributed by atoms with E-state index in [0.717, 1.165) is 23.5 Å². The van der Waals surface area contributed by atoms with E-state index in [0.29, 0.717) is 11.8 Å². The number of halogens is 3. The predicted molar refractivity (Wildman–Crippen MR) is 93.2 cm³/mol. The van der Waals surface area contributed by atoms with E-state index in [1.165, 1.54) is 12.1 Å². The number of alkyl halides is 3. The number of rotatable bonds is 4. The minimum atomic E-state index is -4.80. The molecule has 6 nitrogen and oxygen atoms in total. The van der Waals surface area contributed by atoms with Crippen LogP contribution in [0.3, 0.4) is 0 Å². The van der Waals surface area contributed by atoms with Crippen LogP contribution in [0.15, 0.2) is 36.4 Å². The van der Waals surface area contributed by atoms with E-state index in [-0.39, 0.29) is 41.2 Å². The molecule has 152 valence electrons. The van der Waals surface area contributed by atoms with Crippen LogP contribution in [0.25, 0.3) is 0 Å². The highest BCUT2D eigenvalue weighted by Gasteiger charge is 2.67. The maximum atomic E-state index is 12.8. The number of ether oxygens (including phenoxy) is 1. The lowest BCUT2D eigenvalue weighted by Crippen LogP contribution is -2.40. The van der Waals surface area contributed by atoms with Gasteiger partial charge in [0.15, 0.2) is 0 Å². The largest absolute Gasteiger partial charge is 0.573 e. The van der Waals surface area contributed by atoms with Crippen LogP contribution in [0.1, 0.15) is 6.42 Å². The molecule has 0 aromatic heterocycles. The smallest absolute Gasteiger partial charge is 0.406 e. The van der Waals surface area contributed by atoms with Gasteiger partial charge in [0.1, 0.15) is 12.3 Å². The Labute approximate surface area is 163 Å². The summed E-state index contributed by atoms with van der Waals surface area (Å²) in [6.07, 6.45) is 0.371. The average molecular weight is 406 g/mol. The van der Waals surface area contributed by atoms with Crippen molar-refractivity contribution in [1.29, 1.82) is 0 Å². The van der Waals surface area contributed by atoms with Gasteiger partial charge in [-0.15, -0.1) is 13.2 Å². The number of allylic oxidation sites excluding steroid dienone is 2. The van der Waals surface area contributed by atoms with Crippen LogP contribution in [0, 0.1) is 35.5 Å². The zero-order valence-electron chi connectivity index (χ0n) is 15.1. The summed E-state index contributed by atoms with van der Waals surface area (Å²) in [7, 11) is 0. The molecule has 1 heterocycles. The molecule has 2 bridgehead atoms. The fraction of sp³-hybridized carbons (Fsp3) is 0.450. The zero-order valence-corrected chi connectivity index (χ0v) is 15.1. The normalized spacial score (nSPS) is 34.1. The third kappa shape index (κ3) is 2.99. The second-order valence-electron chi connectivity index (χ2n) is 8.04. The number of hydrogen-bond donors (Lipinski definition) is 1. The number of likely N-dealkylation sites (tertiary alicyclic amines) is 1. The van der Waals surface area contributed by atoms with E-state index < -0.39 is 24.6 Å². The first-order valence-corrected chi connectivity index (χ1v) is 9.42. The molecular weight excluding hydrogens is 389 g/mol. The molecule has 0 radical (unpaired) electrons. The van der Waals surface area contributed by atoms with E-state index in [4.69, 9.17) is 0 Å². The lowest BCUT2D eigenvalue weighted by Gasteiger charge is -2.37. The van der Waals surface area contributed by atoms with E-state index in [9.17, 15) is 27.6 Å². The third-order valence-electron chi connectivity index (χ3n) is 6.43. The Balaban J connectivity index is 1.24. The molecule has 5 aliphatic rings. The van der Waals surface area contributed by atoms with Crippen molar-refractivity contribution in [3.63, 3.8) is 0 Å². The van der Waals surface area contributed by atoms with Gasteiger partial charge in [-0.1, -0.05) is 12.2 Å². The highest BCUT2D eigenvalue weighted by Crippen LogP contribution is 2.65. The van der Waals surface area contributed by atoms with E-state index in [1.54, 1.807) is 0 Å². The number of amides is 3. The Bertz CT molecular complexity index is 891. The summed E-state index contributed by atoms with van der Waals surface area (Å²) in [5.74, 6) is -1.20. The van der Waals surface area contributed by atoms with Crippen LogP contribution in [0.2, 0.25) is 0 Å². The zero-order chi connectivity index (χ0) is 20.5. The van der Waals surface area contributed by atoms with Gasteiger partial charge in [0.25, 0.3) is 0 Å². The van der Waals surface area contributed by atoms with Crippen molar-refractivity contribution >= 4 is 23.4 Å². The monoisotopic (exact) mass is 406 g/mol. The summed E-state index contributed by atoms with van der Waals surface area (Å²) in [6, 6.07) is 4.65. The lowest BCUT2D eigenvalue weighted by molar-refractivity contribution is -0.274. The van der Waals surface area contributed by atoms with Crippen molar-refractivity contribution in [2.24, 2.45) is 35.5 Å². The topological polar surface area (TPSA) is 75.7 Å². The Morgan fingerprint density at radius 1 is 1.03 bits per heavy atom. The predicted octanol–water partition coefficient (Wildman–Crippen LogP) is 2.58. The third-order valence-corrected chi connectivity index (χ3v) is 6.43. The first kappa shape index (κ1) is 18.2. The number of hydrogen-bond acceptors (Lipinski definition) is 4. The Hall–Kier alpha value is -2.84. The Kier molecular flexibility index (Phi) is 3.81. The molecule has 1 aromatic carbocycles. The molecule has 1 N–H and O–H groups in total. The average Bonchev–Trinajstić information content (AvgIpc) is 3.43. The van der Waals surface area contributed by atoms with Crippen LogP contribution in [0.4, 0.5) is 18.9 Å². The molecule has 4 aliphatic carbocycles. The van der Waals surface area contributed by atoms with Gasteiger partial charge in [-0.25, -0.2) is 0 Å². The number of benzene rings is 1. The highest BCUT2D eigenvalue weighted by atomic mass is 19.4. The number of carbonyl (C=O) groups is 3. The first-order valence-electron chi connectivity index (χ1n) is 9.42. The summed E-state index contributed by atoms with van der Waals surface area (Å²) in [6.45, 7) is -0.403. The van der Waals surface area contributed by atoms with Crippen molar-refractivity contribution in [3.8, 4) is 5.75 Å². The molecule has 3 fully saturated rings. The van der Waals surface area contributed by atoms with Crippen molar-refractivity contribution < 1.29 is 32.3 Å². The molecule has 0 unspecified atom stereocenters. The Morgan fingerprint density at radius 3 is 2.10 bits per heavy atom. The van der Waals surface area contributed by atoms with E-state index in [1.807, 2.05) is 0 Å². The van der Waals surface area contributed by atoms with Gasteiger partial charge in [-0.3, -0.25) is 19.3 Å². The fourth-order valence-corrected chi connectivity index (χ4v) is 5.26. The second kappa shape index (κ2) is 6.08. The molecule has 6 rings (SSSR count). The number of nitrogens with zero attached hydrogens (tertiary/aromatic N) is 1. The second-order valence-corrected chi connectivity index (χ2v) is 8.04. The molecule has 1 saturated heterocycles. The van der Waals surface area contributed by atoms with Crippen LogP contribution < -0.4 is 10.1 Å². The standard InChI is InChI=1S/C20H17F3N2O4/c21-20(22,23)29-10-3-1-9(2-4-10)24-15(26)8-25-18(27)16-11-5-6-12(14-7-13(11)14)17(16)19(25)28/h1-6,11-14,16-17H,7-8H2,(H,24,26)/t11-,12-,13-,14-,16-,17+/m0/s1. The SMILES string of the molecule is O=C(CN1C(=O)[C@@H]2[C@H]3C=C[C@@H]([C@@H]4C[C@@H]34)[C@@H]2C1=O)Nc1ccc(OC(F)(F)F)cc1. The van der Waals surface area contributed by atoms with Crippen LogP contribution in [-0.2, 0) is 14.4 Å². The molecule has 9 heteroatoms. The van der Waals surface area contributed by atoms with Crippen molar-refractivity contribution in [2.75, 3.05) is 11.9 Å². The molecule has 3 amide bonds. The highest BCUT2D eigenvalue weighted by molar-refractivity contribution is 6.09. The van der Waals surface area contributed by atoms with E-state index >= 15 is 0 Å². The first-order chi connectivity index (χ1) is 13.7. The number of anilines is 1. The maximum Gasteiger partial charge on any atom is 0.573 e. The van der Waals surface area contributed by atoms with Crippen LogP contribution >= 0.6 is 0 Å². The molecular formula is C20H17F3N2O4. The summed E-state index contributed by atoms with van der Waals surface area (Å²) in [5.41, 5.74) is 0.240. The van der Waals surface area contributed by atoms with Crippen molar-refractivity contribution in [2.45, 2.75) is 12.8 Å². The quantitative estimate of drug-likeness (QED) is 0.616. The number of imide groups is 1. The van der Waals surface area contributed by atoms with Gasteiger partial charge in [-0.2, -0.15) is 0 Å². The maximum absolute atomic E-state index is 12.8. The van der Waals surface area contributed by atoms with Gasteiger partial charge < -0.3 is 10.1 Å². The van der Waals surface area contributed by atoms with Gasteiger partial charge in [0.05, 0.1) is 11.8 Å². The van der Waals surface area contributed by atoms with Gasteiger partial charge in [0, 0.05) is 5.69 Å². The van der Waals surface area contributed by atoms with Crippen LogP contribution in [-0.4, -0.2) is 35.5 Å². The van der Waals surface area contributed by atoms with Gasteiger partial charge >= 0.3 is 6.36 Å². The Morgan fingerprint density at radius 2 is 1.59 bits per heavy atom. The minimum absolute atomic E-state index is 0.0840. The molecule has 29 heavy (non-hydrogen) atoms. The lowest BCUT2D eigenvalue weighted by atomic mass is 9.63. The summed E-state index contributed by atoms with van der Waals surface area (Å²) >= 11 is 0. The number of nitrogens with one attached hydrogen (secondary N) is 1. The number of carbonyl (C=O) groups excluding carboxylic acids is 3. The summed E-state index contributed by atoms with van der Waals surface area (Å²) in [5, 5.41) is 2.50. The molecule has 6 atom stereocenters. The molecule has 0 spiro atoms. The molecule has 1 aromatic rings. The fourth-order valence-electron chi connectivity index (χ4n) is 5.26. The van der Waals surface area contributed by atoms with Crippen molar-refractivity contribution in [1.82, 2.24) is 4.90 Å². The van der Waals surface area contributed by atoms with Crippen molar-refractivity contribution in [3.05, 3.63) is 36.4 Å².